The van der Waals surface area contributed by atoms with Crippen LogP contribution in [0.15, 0.2) is 84.9 Å². The van der Waals surface area contributed by atoms with Crippen LogP contribution in [0.4, 0.5) is 0 Å². The molecule has 0 aliphatic rings. The lowest BCUT2D eigenvalue weighted by molar-refractivity contribution is -0.113. The second-order valence-corrected chi connectivity index (χ2v) is 7.91. The van der Waals surface area contributed by atoms with Crippen LogP contribution in [-0.4, -0.2) is 6.29 Å². The van der Waals surface area contributed by atoms with E-state index in [9.17, 15) is 0 Å². The third-order valence-corrected chi connectivity index (χ3v) is 5.61. The lowest BCUT2D eigenvalue weighted by Gasteiger charge is -2.26. The molecule has 0 aliphatic heterocycles. The molecule has 0 heterocycles. The Labute approximate surface area is 181 Å². The zero-order valence-corrected chi connectivity index (χ0v) is 18.5. The summed E-state index contributed by atoms with van der Waals surface area (Å²) in [4.78, 5) is 0. The summed E-state index contributed by atoms with van der Waals surface area (Å²) < 4.78 is 12.9. The Hall–Kier alpha value is -2.58. The van der Waals surface area contributed by atoms with Crippen molar-refractivity contribution in [1.29, 1.82) is 0 Å². The van der Waals surface area contributed by atoms with Crippen LogP contribution in [0.1, 0.15) is 75.2 Å². The predicted molar refractivity (Wildman–Crippen MR) is 125 cm³/mol. The lowest BCUT2D eigenvalue weighted by Crippen LogP contribution is -2.24. The normalized spacial score (nSPS) is 13.2. The molecule has 0 fully saturated rings. The van der Waals surface area contributed by atoms with E-state index in [1.165, 1.54) is 5.56 Å². The maximum Gasteiger partial charge on any atom is 0.200 e. The quantitative estimate of drug-likeness (QED) is 0.303. The Morgan fingerprint density at radius 1 is 0.700 bits per heavy atom. The van der Waals surface area contributed by atoms with Crippen LogP contribution < -0.4 is 4.74 Å². The second kappa shape index (κ2) is 11.6. The highest BCUT2D eigenvalue weighted by Gasteiger charge is 2.21. The molecule has 158 valence electrons. The van der Waals surface area contributed by atoms with Gasteiger partial charge in [-0.05, 0) is 47.6 Å². The molecule has 0 saturated carbocycles. The van der Waals surface area contributed by atoms with Crippen LogP contribution >= 0.6 is 0 Å². The fraction of sp³-hybridized carbons (Fsp3) is 0.357. The summed E-state index contributed by atoms with van der Waals surface area (Å²) in [6.07, 6.45) is 3.71. The van der Waals surface area contributed by atoms with Gasteiger partial charge in [0.2, 0.25) is 6.29 Å². The molecule has 0 spiro atoms. The summed E-state index contributed by atoms with van der Waals surface area (Å²) in [6, 6.07) is 29.3. The highest BCUT2D eigenvalue weighted by molar-refractivity contribution is 5.31. The van der Waals surface area contributed by atoms with E-state index in [1.807, 2.05) is 12.1 Å². The van der Waals surface area contributed by atoms with E-state index in [0.29, 0.717) is 5.92 Å². The van der Waals surface area contributed by atoms with Gasteiger partial charge in [-0.3, -0.25) is 0 Å². The van der Waals surface area contributed by atoms with E-state index in [1.54, 1.807) is 0 Å². The molecule has 2 unspecified atom stereocenters. The molecule has 0 N–H and O–H groups in total. The van der Waals surface area contributed by atoms with Crippen molar-refractivity contribution in [2.45, 2.75) is 64.8 Å². The summed E-state index contributed by atoms with van der Waals surface area (Å²) in [5.74, 6) is 1.43. The first kappa shape index (κ1) is 22.1. The predicted octanol–water partition coefficient (Wildman–Crippen LogP) is 7.90. The van der Waals surface area contributed by atoms with Crippen molar-refractivity contribution < 1.29 is 9.47 Å². The van der Waals surface area contributed by atoms with Gasteiger partial charge < -0.3 is 9.47 Å². The summed E-state index contributed by atoms with van der Waals surface area (Å²) in [7, 11) is 0. The zero-order chi connectivity index (χ0) is 21.2. The molecule has 2 nitrogen and oxygen atoms in total. The van der Waals surface area contributed by atoms with Gasteiger partial charge in [-0.1, -0.05) is 100.0 Å². The summed E-state index contributed by atoms with van der Waals surface area (Å²) in [5, 5.41) is 0. The molecular formula is C28H34O2. The number of ether oxygens (including phenoxy) is 2. The van der Waals surface area contributed by atoms with Crippen molar-refractivity contribution in [3.05, 3.63) is 102 Å². The molecule has 0 radical (unpaired) electrons. The molecule has 2 atom stereocenters. The molecule has 3 rings (SSSR count). The first-order valence-electron chi connectivity index (χ1n) is 11.2. The zero-order valence-electron chi connectivity index (χ0n) is 18.5. The van der Waals surface area contributed by atoms with E-state index in [-0.39, 0.29) is 12.4 Å². The first-order chi connectivity index (χ1) is 14.7. The monoisotopic (exact) mass is 402 g/mol. The minimum Gasteiger partial charge on any atom is -0.465 e. The minimum atomic E-state index is -0.301. The van der Waals surface area contributed by atoms with Crippen LogP contribution in [0, 0.1) is 0 Å². The average molecular weight is 403 g/mol. The van der Waals surface area contributed by atoms with Crippen LogP contribution in [0.2, 0.25) is 0 Å². The molecule has 3 aromatic rings. The van der Waals surface area contributed by atoms with Gasteiger partial charge in [0.25, 0.3) is 0 Å². The molecule has 0 amide bonds. The largest absolute Gasteiger partial charge is 0.465 e. The average Bonchev–Trinajstić information content (AvgIpc) is 2.81. The first-order valence-corrected chi connectivity index (χ1v) is 11.2. The maximum atomic E-state index is 6.61. The molecular weight excluding hydrogens is 368 g/mol. The van der Waals surface area contributed by atoms with Gasteiger partial charge >= 0.3 is 0 Å². The van der Waals surface area contributed by atoms with E-state index in [2.05, 4.69) is 93.6 Å². The van der Waals surface area contributed by atoms with Gasteiger partial charge in [0.05, 0.1) is 0 Å². The Morgan fingerprint density at radius 2 is 1.27 bits per heavy atom. The number of hydrogen-bond donors (Lipinski definition) is 0. The van der Waals surface area contributed by atoms with E-state index in [4.69, 9.17) is 9.47 Å². The highest BCUT2D eigenvalue weighted by Crippen LogP contribution is 2.30. The molecule has 0 aliphatic carbocycles. The number of hydrogen-bond acceptors (Lipinski definition) is 2. The minimum absolute atomic E-state index is 0.159. The van der Waals surface area contributed by atoms with E-state index in [0.717, 1.165) is 42.6 Å². The van der Waals surface area contributed by atoms with Crippen molar-refractivity contribution in [3.63, 3.8) is 0 Å². The van der Waals surface area contributed by atoms with Crippen molar-refractivity contribution in [2.75, 3.05) is 0 Å². The standard InChI is InChI=1S/C28H34O2/c1-4-6-17-27(29-26-20-18-23(19-21-26)22(3)5-2)30-28(24-13-9-7-10-14-24)25-15-11-8-12-16-25/h7-16,18-22,27-28H,4-6,17H2,1-3H3. The molecule has 2 heteroatoms. The van der Waals surface area contributed by atoms with Crippen molar-refractivity contribution in [2.24, 2.45) is 0 Å². The van der Waals surface area contributed by atoms with Gasteiger partial charge in [-0.15, -0.1) is 0 Å². The molecule has 0 aromatic heterocycles. The van der Waals surface area contributed by atoms with Gasteiger partial charge in [0.15, 0.2) is 0 Å². The number of benzene rings is 3. The van der Waals surface area contributed by atoms with Crippen LogP contribution in [0.3, 0.4) is 0 Å². The van der Waals surface area contributed by atoms with Gasteiger partial charge in [-0.2, -0.15) is 0 Å². The lowest BCUT2D eigenvalue weighted by atomic mass is 9.99. The van der Waals surface area contributed by atoms with Crippen molar-refractivity contribution in [1.82, 2.24) is 0 Å². The van der Waals surface area contributed by atoms with Crippen LogP contribution in [0.5, 0.6) is 5.75 Å². The summed E-state index contributed by atoms with van der Waals surface area (Å²) >= 11 is 0. The third kappa shape index (κ3) is 6.21. The fourth-order valence-electron chi connectivity index (χ4n) is 3.54. The Balaban J connectivity index is 1.80. The highest BCUT2D eigenvalue weighted by atomic mass is 16.7. The fourth-order valence-corrected chi connectivity index (χ4v) is 3.54. The van der Waals surface area contributed by atoms with E-state index < -0.39 is 0 Å². The second-order valence-electron chi connectivity index (χ2n) is 7.91. The smallest absolute Gasteiger partial charge is 0.200 e. The number of unbranched alkanes of at least 4 members (excludes halogenated alkanes) is 1. The summed E-state index contributed by atoms with van der Waals surface area (Å²) in [5.41, 5.74) is 3.63. The van der Waals surface area contributed by atoms with E-state index >= 15 is 0 Å². The Bertz CT molecular complexity index is 803. The SMILES string of the molecule is CCCCC(Oc1ccc(C(C)CC)cc1)OC(c1ccccc1)c1ccccc1. The Morgan fingerprint density at radius 3 is 1.77 bits per heavy atom. The molecule has 30 heavy (non-hydrogen) atoms. The van der Waals surface area contributed by atoms with Crippen LogP contribution in [-0.2, 0) is 4.74 Å². The third-order valence-electron chi connectivity index (χ3n) is 5.61. The summed E-state index contributed by atoms with van der Waals surface area (Å²) in [6.45, 7) is 6.67. The topological polar surface area (TPSA) is 18.5 Å². The van der Waals surface area contributed by atoms with Gasteiger partial charge in [0.1, 0.15) is 11.9 Å². The Kier molecular flexibility index (Phi) is 8.53. The van der Waals surface area contributed by atoms with Crippen molar-refractivity contribution in [3.8, 4) is 5.75 Å². The van der Waals surface area contributed by atoms with Gasteiger partial charge in [0, 0.05) is 6.42 Å². The van der Waals surface area contributed by atoms with Gasteiger partial charge in [-0.25, -0.2) is 0 Å². The molecule has 0 saturated heterocycles. The number of rotatable bonds is 11. The molecule has 0 bridgehead atoms. The molecule has 3 aromatic carbocycles. The van der Waals surface area contributed by atoms with Crippen molar-refractivity contribution >= 4 is 0 Å². The maximum absolute atomic E-state index is 6.61. The van der Waals surface area contributed by atoms with Crippen LogP contribution in [0.25, 0.3) is 0 Å².